The van der Waals surface area contributed by atoms with Crippen LogP contribution in [-0.2, 0) is 0 Å². The van der Waals surface area contributed by atoms with Gasteiger partial charge in [0.1, 0.15) is 0 Å². The topological polar surface area (TPSA) is 24.4 Å². The summed E-state index contributed by atoms with van der Waals surface area (Å²) in [6.45, 7) is 8.67. The Balaban J connectivity index is 2.15. The van der Waals surface area contributed by atoms with Gasteiger partial charge < -0.3 is 5.32 Å². The van der Waals surface area contributed by atoms with Crippen molar-refractivity contribution < 1.29 is 0 Å². The smallest absolute Gasteiger partial charge is 0.161 e. The normalized spacial score (nSPS) is 23.6. The molecule has 1 aromatic carbocycles. The number of aliphatic imine (C=N–C) groups is 1. The van der Waals surface area contributed by atoms with Gasteiger partial charge in [0, 0.05) is 11.4 Å². The minimum atomic E-state index is 0.117. The highest BCUT2D eigenvalue weighted by atomic mass is 32.2. The summed E-state index contributed by atoms with van der Waals surface area (Å²) in [5.74, 6) is 1.08. The maximum absolute atomic E-state index is 4.77. The van der Waals surface area contributed by atoms with Crippen LogP contribution in [0.3, 0.4) is 0 Å². The number of nitrogens with zero attached hydrogens (tertiary/aromatic N) is 1. The number of rotatable bonds is 2. The maximum Gasteiger partial charge on any atom is 0.161 e. The third-order valence-electron chi connectivity index (χ3n) is 3.28. The molecule has 1 N–H and O–H groups in total. The highest BCUT2D eigenvalue weighted by molar-refractivity contribution is 8.14. The van der Waals surface area contributed by atoms with Crippen molar-refractivity contribution in [3.63, 3.8) is 0 Å². The third-order valence-corrected chi connectivity index (χ3v) is 4.51. The molecule has 3 heteroatoms. The van der Waals surface area contributed by atoms with Gasteiger partial charge in [0.05, 0.1) is 5.54 Å². The molecule has 0 aliphatic carbocycles. The van der Waals surface area contributed by atoms with Crippen LogP contribution >= 0.6 is 11.8 Å². The van der Waals surface area contributed by atoms with E-state index in [1.807, 2.05) is 11.8 Å². The standard InChI is InChI=1S/C14H20N2S/c1-5-14(4)9-17-13(16-14)15-12-7-6-10(2)8-11(12)3/h6-8H,5,9H2,1-4H3,(H,15,16). The Morgan fingerprint density at radius 2 is 2.18 bits per heavy atom. The molecule has 17 heavy (non-hydrogen) atoms. The van der Waals surface area contributed by atoms with Gasteiger partial charge >= 0.3 is 0 Å². The van der Waals surface area contributed by atoms with E-state index in [2.05, 4.69) is 51.2 Å². The maximum atomic E-state index is 4.77. The van der Waals surface area contributed by atoms with E-state index >= 15 is 0 Å². The largest absolute Gasteiger partial charge is 0.335 e. The lowest BCUT2D eigenvalue weighted by atomic mass is 10.0. The summed E-state index contributed by atoms with van der Waals surface area (Å²) in [6.07, 6.45) is 1.10. The van der Waals surface area contributed by atoms with E-state index in [1.165, 1.54) is 16.8 Å². The molecule has 1 unspecified atom stereocenters. The minimum absolute atomic E-state index is 0.117. The molecule has 0 spiro atoms. The molecule has 1 heterocycles. The number of amidine groups is 1. The van der Waals surface area contributed by atoms with Crippen LogP contribution in [0.1, 0.15) is 31.4 Å². The zero-order chi connectivity index (χ0) is 12.5. The van der Waals surface area contributed by atoms with Crippen molar-refractivity contribution in [2.75, 3.05) is 11.1 Å². The lowest BCUT2D eigenvalue weighted by Crippen LogP contribution is -2.20. The van der Waals surface area contributed by atoms with Gasteiger partial charge in [0.2, 0.25) is 0 Å². The summed E-state index contributed by atoms with van der Waals surface area (Å²) >= 11 is 1.82. The quantitative estimate of drug-likeness (QED) is 0.856. The van der Waals surface area contributed by atoms with Crippen LogP contribution in [0.4, 0.5) is 5.69 Å². The highest BCUT2D eigenvalue weighted by Gasteiger charge is 2.28. The van der Waals surface area contributed by atoms with Crippen LogP contribution in [0, 0.1) is 13.8 Å². The Morgan fingerprint density at radius 1 is 1.41 bits per heavy atom. The first kappa shape index (κ1) is 12.5. The van der Waals surface area contributed by atoms with E-state index in [0.717, 1.165) is 17.3 Å². The van der Waals surface area contributed by atoms with Crippen molar-refractivity contribution in [1.29, 1.82) is 0 Å². The highest BCUT2D eigenvalue weighted by Crippen LogP contribution is 2.31. The van der Waals surface area contributed by atoms with Gasteiger partial charge in [-0.25, -0.2) is 0 Å². The Labute approximate surface area is 108 Å². The van der Waals surface area contributed by atoms with Gasteiger partial charge in [-0.15, -0.1) is 0 Å². The zero-order valence-electron chi connectivity index (χ0n) is 11.0. The fourth-order valence-electron chi connectivity index (χ4n) is 1.85. The molecule has 2 nitrogen and oxygen atoms in total. The number of aryl methyl sites for hydroxylation is 2. The van der Waals surface area contributed by atoms with Gasteiger partial charge in [-0.1, -0.05) is 36.4 Å². The fourth-order valence-corrected chi connectivity index (χ4v) is 3.03. The summed E-state index contributed by atoms with van der Waals surface area (Å²) in [5, 5.41) is 4.50. The molecule has 0 radical (unpaired) electrons. The Morgan fingerprint density at radius 3 is 2.76 bits per heavy atom. The lowest BCUT2D eigenvalue weighted by molar-refractivity contribution is 0.523. The monoisotopic (exact) mass is 248 g/mol. The molecule has 0 fully saturated rings. The van der Waals surface area contributed by atoms with Gasteiger partial charge in [-0.05, 0) is 38.8 Å². The molecule has 1 aliphatic rings. The van der Waals surface area contributed by atoms with Crippen molar-refractivity contribution in [1.82, 2.24) is 0 Å². The molecule has 0 amide bonds. The van der Waals surface area contributed by atoms with E-state index in [9.17, 15) is 0 Å². The Kier molecular flexibility index (Phi) is 3.48. The average Bonchev–Trinajstić information content (AvgIpc) is 2.66. The van der Waals surface area contributed by atoms with E-state index in [0.29, 0.717) is 0 Å². The molecule has 2 rings (SSSR count). The van der Waals surface area contributed by atoms with Gasteiger partial charge in [-0.3, -0.25) is 4.99 Å². The van der Waals surface area contributed by atoms with Crippen LogP contribution in [-0.4, -0.2) is 16.5 Å². The summed E-state index contributed by atoms with van der Waals surface area (Å²) < 4.78 is 0. The number of hydrogen-bond acceptors (Lipinski definition) is 3. The Bertz CT molecular complexity index is 454. The molecular formula is C14H20N2S. The second-order valence-electron chi connectivity index (χ2n) is 5.00. The van der Waals surface area contributed by atoms with Crippen molar-refractivity contribution in [3.05, 3.63) is 29.3 Å². The van der Waals surface area contributed by atoms with Crippen LogP contribution < -0.4 is 5.32 Å². The predicted octanol–water partition coefficient (Wildman–Crippen LogP) is 3.99. The second kappa shape index (κ2) is 4.73. The number of anilines is 1. The van der Waals surface area contributed by atoms with Gasteiger partial charge in [-0.2, -0.15) is 0 Å². The molecule has 1 aromatic rings. The van der Waals surface area contributed by atoms with Crippen LogP contribution in [0.2, 0.25) is 0 Å². The second-order valence-corrected chi connectivity index (χ2v) is 5.96. The molecular weight excluding hydrogens is 228 g/mol. The number of nitrogens with one attached hydrogen (secondary N) is 1. The zero-order valence-corrected chi connectivity index (χ0v) is 11.8. The molecule has 92 valence electrons. The molecule has 0 aromatic heterocycles. The van der Waals surface area contributed by atoms with Crippen LogP contribution in [0.15, 0.2) is 23.2 Å². The van der Waals surface area contributed by atoms with Gasteiger partial charge in [0.25, 0.3) is 0 Å². The molecule has 0 bridgehead atoms. The number of hydrogen-bond donors (Lipinski definition) is 1. The van der Waals surface area contributed by atoms with Crippen molar-refractivity contribution in [2.45, 2.75) is 39.7 Å². The van der Waals surface area contributed by atoms with E-state index in [-0.39, 0.29) is 5.54 Å². The fraction of sp³-hybridized carbons (Fsp3) is 0.500. The molecule has 1 atom stereocenters. The summed E-state index contributed by atoms with van der Waals surface area (Å²) in [5.41, 5.74) is 3.86. The summed E-state index contributed by atoms with van der Waals surface area (Å²) in [4.78, 5) is 4.77. The van der Waals surface area contributed by atoms with E-state index in [4.69, 9.17) is 4.99 Å². The third kappa shape index (κ3) is 2.83. The minimum Gasteiger partial charge on any atom is -0.335 e. The van der Waals surface area contributed by atoms with Gasteiger partial charge in [0.15, 0.2) is 5.17 Å². The van der Waals surface area contributed by atoms with Crippen molar-refractivity contribution >= 4 is 22.6 Å². The van der Waals surface area contributed by atoms with E-state index in [1.54, 1.807) is 0 Å². The van der Waals surface area contributed by atoms with Crippen molar-refractivity contribution in [3.8, 4) is 0 Å². The van der Waals surface area contributed by atoms with Crippen LogP contribution in [0.5, 0.6) is 0 Å². The number of benzene rings is 1. The first-order valence-corrected chi connectivity index (χ1v) is 7.08. The molecule has 1 aliphatic heterocycles. The number of thioether (sulfide) groups is 1. The average molecular weight is 248 g/mol. The molecule has 0 saturated carbocycles. The SMILES string of the molecule is CCC1(C)CSC(Nc2ccc(C)cc2C)=N1. The predicted molar refractivity (Wildman–Crippen MR) is 78.1 cm³/mol. The lowest BCUT2D eigenvalue weighted by Gasteiger charge is -2.15. The van der Waals surface area contributed by atoms with Crippen LogP contribution in [0.25, 0.3) is 0 Å². The summed E-state index contributed by atoms with van der Waals surface area (Å²) in [6, 6.07) is 6.46. The first-order valence-electron chi connectivity index (χ1n) is 6.09. The first-order chi connectivity index (χ1) is 8.02. The van der Waals surface area contributed by atoms with Crippen molar-refractivity contribution in [2.24, 2.45) is 4.99 Å². The molecule has 0 saturated heterocycles. The Hall–Kier alpha value is -0.960. The summed E-state index contributed by atoms with van der Waals surface area (Å²) in [7, 11) is 0. The van der Waals surface area contributed by atoms with E-state index < -0.39 is 0 Å².